The monoisotopic (exact) mass is 660 g/mol. The maximum atomic E-state index is 5.19. The second kappa shape index (κ2) is 15.0. The Labute approximate surface area is 297 Å². The molecule has 246 valence electrons. The van der Waals surface area contributed by atoms with Crippen molar-refractivity contribution >= 4 is 24.0 Å². The zero-order chi connectivity index (χ0) is 34.4. The van der Waals surface area contributed by atoms with Crippen LogP contribution in [-0.4, -0.2) is 25.7 Å². The Hall–Kier alpha value is -5.00. The molecule has 0 bridgehead atoms. The molecule has 2 unspecified atom stereocenters. The molecule has 0 fully saturated rings. The van der Waals surface area contributed by atoms with Crippen molar-refractivity contribution in [2.75, 3.05) is 4.90 Å². The Morgan fingerprint density at radius 1 is 0.633 bits per heavy atom. The standard InChI is InChI=1S/C44H44N4S/c1-6-17-31(3)39-24-14-15-25-40(39)48(32(4)44(5,49)7-2)38-23-16-22-37(30-38)43-46-41(35-20-12-9-13-21-35)45-42(47-43)36-28-26-34(27-29-36)33-18-10-8-11-19-33/h6,8-32,49H,7H2,1-5H3/b17-6-/t31?,32-,44?/m1/s1. The molecule has 6 rings (SSSR count). The number of benzene rings is 5. The highest BCUT2D eigenvalue weighted by Gasteiger charge is 2.33. The van der Waals surface area contributed by atoms with E-state index in [1.807, 2.05) is 36.4 Å². The zero-order valence-corrected chi connectivity index (χ0v) is 29.8. The molecule has 0 aliphatic carbocycles. The molecule has 0 aliphatic heterocycles. The topological polar surface area (TPSA) is 41.9 Å². The average molecular weight is 661 g/mol. The summed E-state index contributed by atoms with van der Waals surface area (Å²) >= 11 is 5.19. The normalized spacial score (nSPS) is 13.9. The lowest BCUT2D eigenvalue weighted by Crippen LogP contribution is -2.44. The number of thiol groups is 1. The molecule has 6 aromatic rings. The highest BCUT2D eigenvalue weighted by atomic mass is 32.1. The molecule has 0 N–H and O–H groups in total. The lowest BCUT2D eigenvalue weighted by molar-refractivity contribution is 0.513. The molecule has 0 saturated carbocycles. The number of rotatable bonds is 11. The van der Waals surface area contributed by atoms with Crippen LogP contribution in [0.15, 0.2) is 146 Å². The van der Waals surface area contributed by atoms with E-state index < -0.39 is 0 Å². The summed E-state index contributed by atoms with van der Waals surface area (Å²) in [5.41, 5.74) is 8.64. The third kappa shape index (κ3) is 7.53. The van der Waals surface area contributed by atoms with Crippen molar-refractivity contribution in [1.82, 2.24) is 15.0 Å². The third-order valence-corrected chi connectivity index (χ3v) is 10.2. The van der Waals surface area contributed by atoms with Gasteiger partial charge in [0.1, 0.15) is 0 Å². The van der Waals surface area contributed by atoms with Crippen LogP contribution in [0, 0.1) is 0 Å². The van der Waals surface area contributed by atoms with Crippen molar-refractivity contribution in [3.8, 4) is 45.3 Å². The van der Waals surface area contributed by atoms with Crippen LogP contribution in [-0.2, 0) is 0 Å². The minimum atomic E-state index is -0.250. The summed E-state index contributed by atoms with van der Waals surface area (Å²) in [4.78, 5) is 17.6. The summed E-state index contributed by atoms with van der Waals surface area (Å²) in [5, 5.41) is 0. The van der Waals surface area contributed by atoms with E-state index in [4.69, 9.17) is 27.6 Å². The van der Waals surface area contributed by atoms with E-state index in [9.17, 15) is 0 Å². The van der Waals surface area contributed by atoms with Crippen LogP contribution in [0.2, 0.25) is 0 Å². The van der Waals surface area contributed by atoms with E-state index in [1.54, 1.807) is 0 Å². The molecule has 0 radical (unpaired) electrons. The fraction of sp³-hybridized carbons (Fsp3) is 0.205. The number of anilines is 2. The number of hydrogen-bond donors (Lipinski definition) is 1. The first kappa shape index (κ1) is 33.9. The fourth-order valence-corrected chi connectivity index (χ4v) is 6.33. The number of aromatic nitrogens is 3. The van der Waals surface area contributed by atoms with Gasteiger partial charge >= 0.3 is 0 Å². The highest BCUT2D eigenvalue weighted by molar-refractivity contribution is 7.81. The van der Waals surface area contributed by atoms with Crippen LogP contribution in [0.3, 0.4) is 0 Å². The van der Waals surface area contributed by atoms with Crippen molar-refractivity contribution in [2.45, 2.75) is 57.7 Å². The first-order valence-corrected chi connectivity index (χ1v) is 17.5. The van der Waals surface area contributed by atoms with Gasteiger partial charge in [0.2, 0.25) is 0 Å². The Balaban J connectivity index is 1.48. The molecule has 5 heteroatoms. The number of allylic oxidation sites excluding steroid dienone is 2. The van der Waals surface area contributed by atoms with Gasteiger partial charge in [-0.2, -0.15) is 12.6 Å². The van der Waals surface area contributed by atoms with E-state index in [0.717, 1.165) is 34.4 Å². The molecule has 0 saturated heterocycles. The molecule has 4 nitrogen and oxygen atoms in total. The molecule has 0 aliphatic rings. The summed E-state index contributed by atoms with van der Waals surface area (Å²) in [6.07, 6.45) is 5.30. The predicted octanol–water partition coefficient (Wildman–Crippen LogP) is 11.8. The van der Waals surface area contributed by atoms with Gasteiger partial charge < -0.3 is 4.90 Å². The minimum Gasteiger partial charge on any atom is -0.337 e. The van der Waals surface area contributed by atoms with Gasteiger partial charge in [-0.25, -0.2) is 15.0 Å². The number of para-hydroxylation sites is 1. The summed E-state index contributed by atoms with van der Waals surface area (Å²) in [5.74, 6) is 2.16. The molecule has 5 aromatic carbocycles. The minimum absolute atomic E-state index is 0.0759. The molecule has 0 spiro atoms. The van der Waals surface area contributed by atoms with Crippen LogP contribution in [0.1, 0.15) is 52.5 Å². The second-order valence-electron chi connectivity index (χ2n) is 12.8. The quantitative estimate of drug-likeness (QED) is 0.111. The SMILES string of the molecule is C/C=C\C(C)c1ccccc1N(c1cccc(-c2nc(-c3ccccc3)nc(-c3ccc(-c4ccccc4)cc3)n2)c1)[C@H](C)C(C)(S)CC. The number of nitrogens with zero attached hydrogens (tertiary/aromatic N) is 4. The zero-order valence-electron chi connectivity index (χ0n) is 29.0. The van der Waals surface area contributed by atoms with Gasteiger partial charge in [0.15, 0.2) is 17.5 Å². The fourth-order valence-electron chi connectivity index (χ4n) is 6.22. The first-order valence-electron chi connectivity index (χ1n) is 17.1. The summed E-state index contributed by atoms with van der Waals surface area (Å²) in [7, 11) is 0. The van der Waals surface area contributed by atoms with Crippen molar-refractivity contribution in [3.05, 3.63) is 151 Å². The van der Waals surface area contributed by atoms with Crippen LogP contribution >= 0.6 is 12.6 Å². The lowest BCUT2D eigenvalue weighted by atomic mass is 9.93. The van der Waals surface area contributed by atoms with Gasteiger partial charge in [0.25, 0.3) is 0 Å². The van der Waals surface area contributed by atoms with Crippen molar-refractivity contribution < 1.29 is 0 Å². The van der Waals surface area contributed by atoms with Crippen molar-refractivity contribution in [2.24, 2.45) is 0 Å². The molecule has 3 atom stereocenters. The van der Waals surface area contributed by atoms with Gasteiger partial charge in [-0.05, 0) is 62.1 Å². The van der Waals surface area contributed by atoms with Crippen LogP contribution < -0.4 is 4.90 Å². The molecule has 0 amide bonds. The van der Waals surface area contributed by atoms with Gasteiger partial charge in [-0.15, -0.1) is 0 Å². The summed E-state index contributed by atoms with van der Waals surface area (Å²) < 4.78 is -0.250. The third-order valence-electron chi connectivity index (χ3n) is 9.47. The van der Waals surface area contributed by atoms with Gasteiger partial charge in [0.05, 0.1) is 0 Å². The molecule has 1 aromatic heterocycles. The van der Waals surface area contributed by atoms with Crippen molar-refractivity contribution in [1.29, 1.82) is 0 Å². The van der Waals surface area contributed by atoms with E-state index in [2.05, 4.69) is 149 Å². The summed E-state index contributed by atoms with van der Waals surface area (Å²) in [6, 6.07) is 46.3. The highest BCUT2D eigenvalue weighted by Crippen LogP contribution is 2.41. The Bertz CT molecular complexity index is 2020. The maximum Gasteiger partial charge on any atom is 0.164 e. The first-order chi connectivity index (χ1) is 23.8. The van der Waals surface area contributed by atoms with E-state index in [-0.39, 0.29) is 16.7 Å². The van der Waals surface area contributed by atoms with Crippen LogP contribution in [0.5, 0.6) is 0 Å². The van der Waals surface area contributed by atoms with Crippen LogP contribution in [0.4, 0.5) is 11.4 Å². The lowest BCUT2D eigenvalue weighted by Gasteiger charge is -2.41. The molecular weight excluding hydrogens is 617 g/mol. The average Bonchev–Trinajstić information content (AvgIpc) is 3.16. The molecule has 49 heavy (non-hydrogen) atoms. The Morgan fingerprint density at radius 2 is 1.12 bits per heavy atom. The van der Waals surface area contributed by atoms with Crippen LogP contribution in [0.25, 0.3) is 45.3 Å². The summed E-state index contributed by atoms with van der Waals surface area (Å²) in [6.45, 7) is 11.0. The predicted molar refractivity (Wildman–Crippen MR) is 211 cm³/mol. The van der Waals surface area contributed by atoms with E-state index in [1.165, 1.54) is 16.8 Å². The second-order valence-corrected chi connectivity index (χ2v) is 13.8. The van der Waals surface area contributed by atoms with Gasteiger partial charge in [0, 0.05) is 44.8 Å². The van der Waals surface area contributed by atoms with Gasteiger partial charge in [-0.1, -0.05) is 141 Å². The van der Waals surface area contributed by atoms with E-state index >= 15 is 0 Å². The van der Waals surface area contributed by atoms with Crippen molar-refractivity contribution in [3.63, 3.8) is 0 Å². The molecule has 1 heterocycles. The smallest absolute Gasteiger partial charge is 0.164 e. The number of hydrogen-bond acceptors (Lipinski definition) is 5. The Morgan fingerprint density at radius 3 is 1.73 bits per heavy atom. The molecular formula is C44H44N4S. The van der Waals surface area contributed by atoms with E-state index in [0.29, 0.717) is 17.5 Å². The maximum absolute atomic E-state index is 5.19. The Kier molecular flexibility index (Phi) is 10.4. The van der Waals surface area contributed by atoms with Gasteiger partial charge in [-0.3, -0.25) is 0 Å². The largest absolute Gasteiger partial charge is 0.337 e.